The molecule has 2 fully saturated rings. The van der Waals surface area contributed by atoms with Crippen LogP contribution >= 0.6 is 0 Å². The molecule has 1 N–H and O–H groups in total. The molecule has 3 atom stereocenters. The zero-order valence-corrected chi connectivity index (χ0v) is 12.2. The highest BCUT2D eigenvalue weighted by Gasteiger charge is 2.29. The summed E-state index contributed by atoms with van der Waals surface area (Å²) in [6, 6.07) is 0.785. The zero-order chi connectivity index (χ0) is 12.8. The van der Waals surface area contributed by atoms with Crippen LogP contribution in [-0.4, -0.2) is 50.3 Å². The predicted octanol–water partition coefficient (Wildman–Crippen LogP) is 2.27. The summed E-state index contributed by atoms with van der Waals surface area (Å²) in [7, 11) is 1.87. The second-order valence-electron chi connectivity index (χ2n) is 5.99. The summed E-state index contributed by atoms with van der Waals surface area (Å²) in [4.78, 5) is 2.75. The molecule has 2 aliphatic rings. The van der Waals surface area contributed by atoms with Crippen molar-refractivity contribution in [1.82, 2.24) is 10.2 Å². The first kappa shape index (κ1) is 14.3. The van der Waals surface area contributed by atoms with Gasteiger partial charge in [0.1, 0.15) is 0 Å². The fourth-order valence-corrected chi connectivity index (χ4v) is 3.61. The van der Waals surface area contributed by atoms with Crippen LogP contribution in [0.15, 0.2) is 0 Å². The highest BCUT2D eigenvalue weighted by atomic mass is 16.5. The van der Waals surface area contributed by atoms with Crippen LogP contribution in [0.25, 0.3) is 0 Å². The standard InChI is InChI=1S/C15H30N2O/c1-3-16-11-13-6-5-9-17(12-13)14-7-4-8-15(10-14)18-2/h13-16H,3-12H2,1-2H3. The number of nitrogens with one attached hydrogen (secondary N) is 1. The van der Waals surface area contributed by atoms with Crippen molar-refractivity contribution in [3.05, 3.63) is 0 Å². The Bertz CT molecular complexity index is 235. The summed E-state index contributed by atoms with van der Waals surface area (Å²) >= 11 is 0. The fraction of sp³-hybridized carbons (Fsp3) is 1.00. The van der Waals surface area contributed by atoms with Crippen LogP contribution in [0.3, 0.4) is 0 Å². The topological polar surface area (TPSA) is 24.5 Å². The minimum absolute atomic E-state index is 0.512. The van der Waals surface area contributed by atoms with Gasteiger partial charge in [-0.05, 0) is 64.1 Å². The highest BCUT2D eigenvalue weighted by molar-refractivity contribution is 4.85. The molecule has 3 heteroatoms. The maximum absolute atomic E-state index is 5.56. The Kier molecular flexibility index (Phi) is 5.93. The normalized spacial score (nSPS) is 34.7. The molecule has 1 heterocycles. The average Bonchev–Trinajstić information content (AvgIpc) is 2.45. The molecule has 0 aromatic carbocycles. The van der Waals surface area contributed by atoms with Gasteiger partial charge in [-0.1, -0.05) is 6.92 Å². The van der Waals surface area contributed by atoms with Gasteiger partial charge in [-0.25, -0.2) is 0 Å². The van der Waals surface area contributed by atoms with Gasteiger partial charge in [-0.15, -0.1) is 0 Å². The van der Waals surface area contributed by atoms with Crippen molar-refractivity contribution in [3.8, 4) is 0 Å². The van der Waals surface area contributed by atoms with E-state index in [0.29, 0.717) is 6.10 Å². The zero-order valence-electron chi connectivity index (χ0n) is 12.2. The van der Waals surface area contributed by atoms with Gasteiger partial charge in [-0.3, -0.25) is 4.90 Å². The van der Waals surface area contributed by atoms with Gasteiger partial charge in [0.2, 0.25) is 0 Å². The summed E-state index contributed by atoms with van der Waals surface area (Å²) in [6.07, 6.45) is 8.55. The third-order valence-electron chi connectivity index (χ3n) is 4.68. The number of hydrogen-bond donors (Lipinski definition) is 1. The largest absolute Gasteiger partial charge is 0.381 e. The second kappa shape index (κ2) is 7.46. The van der Waals surface area contributed by atoms with Gasteiger partial charge in [0, 0.05) is 19.7 Å². The van der Waals surface area contributed by atoms with Crippen molar-refractivity contribution >= 4 is 0 Å². The molecular weight excluding hydrogens is 224 g/mol. The van der Waals surface area contributed by atoms with Gasteiger partial charge in [0.05, 0.1) is 6.10 Å². The maximum Gasteiger partial charge on any atom is 0.0586 e. The Morgan fingerprint density at radius 3 is 2.89 bits per heavy atom. The molecule has 0 spiro atoms. The highest BCUT2D eigenvalue weighted by Crippen LogP contribution is 2.28. The van der Waals surface area contributed by atoms with E-state index in [1.165, 1.54) is 58.2 Å². The van der Waals surface area contributed by atoms with E-state index < -0.39 is 0 Å². The summed E-state index contributed by atoms with van der Waals surface area (Å²) in [5.74, 6) is 0.863. The van der Waals surface area contributed by atoms with E-state index in [1.807, 2.05) is 7.11 Å². The lowest BCUT2D eigenvalue weighted by molar-refractivity contribution is 0.0151. The lowest BCUT2D eigenvalue weighted by Crippen LogP contribution is -2.47. The lowest BCUT2D eigenvalue weighted by Gasteiger charge is -2.41. The van der Waals surface area contributed by atoms with Crippen molar-refractivity contribution < 1.29 is 4.74 Å². The molecule has 2 rings (SSSR count). The second-order valence-corrected chi connectivity index (χ2v) is 5.99. The number of nitrogens with zero attached hydrogens (tertiary/aromatic N) is 1. The van der Waals surface area contributed by atoms with Crippen LogP contribution in [0.1, 0.15) is 45.4 Å². The fourth-order valence-electron chi connectivity index (χ4n) is 3.61. The molecule has 1 aliphatic heterocycles. The number of likely N-dealkylation sites (tertiary alicyclic amines) is 1. The molecule has 3 unspecified atom stereocenters. The molecule has 3 nitrogen and oxygen atoms in total. The Balaban J connectivity index is 1.80. The van der Waals surface area contributed by atoms with Gasteiger partial charge < -0.3 is 10.1 Å². The van der Waals surface area contributed by atoms with Crippen LogP contribution in [0, 0.1) is 5.92 Å². The predicted molar refractivity (Wildman–Crippen MR) is 75.9 cm³/mol. The van der Waals surface area contributed by atoms with Crippen molar-refractivity contribution in [2.75, 3.05) is 33.3 Å². The SMILES string of the molecule is CCNCC1CCCN(C2CCCC(OC)C2)C1. The van der Waals surface area contributed by atoms with E-state index in [2.05, 4.69) is 17.1 Å². The summed E-state index contributed by atoms with van der Waals surface area (Å²) in [5, 5.41) is 3.51. The summed E-state index contributed by atoms with van der Waals surface area (Å²) < 4.78 is 5.56. The van der Waals surface area contributed by atoms with Gasteiger partial charge in [0.15, 0.2) is 0 Å². The van der Waals surface area contributed by atoms with Gasteiger partial charge >= 0.3 is 0 Å². The Morgan fingerprint density at radius 1 is 1.22 bits per heavy atom. The molecule has 0 radical (unpaired) electrons. The number of ether oxygens (including phenoxy) is 1. The lowest BCUT2D eigenvalue weighted by atomic mass is 9.88. The monoisotopic (exact) mass is 254 g/mol. The third kappa shape index (κ3) is 3.94. The van der Waals surface area contributed by atoms with Gasteiger partial charge in [-0.2, -0.15) is 0 Å². The first-order valence-corrected chi connectivity index (χ1v) is 7.81. The number of rotatable bonds is 5. The molecule has 0 aromatic heterocycles. The van der Waals surface area contributed by atoms with Crippen molar-refractivity contribution in [2.24, 2.45) is 5.92 Å². The van der Waals surface area contributed by atoms with Crippen LogP contribution in [0.5, 0.6) is 0 Å². The third-order valence-corrected chi connectivity index (χ3v) is 4.68. The van der Waals surface area contributed by atoms with E-state index in [1.54, 1.807) is 0 Å². The van der Waals surface area contributed by atoms with Crippen molar-refractivity contribution in [2.45, 2.75) is 57.6 Å². The van der Waals surface area contributed by atoms with Crippen LogP contribution in [0.4, 0.5) is 0 Å². The van der Waals surface area contributed by atoms with E-state index in [9.17, 15) is 0 Å². The molecule has 0 aromatic rings. The molecule has 1 saturated carbocycles. The molecule has 18 heavy (non-hydrogen) atoms. The molecule has 106 valence electrons. The smallest absolute Gasteiger partial charge is 0.0586 e. The van der Waals surface area contributed by atoms with E-state index in [0.717, 1.165) is 18.5 Å². The molecular formula is C15H30N2O. The van der Waals surface area contributed by atoms with Crippen LogP contribution < -0.4 is 5.32 Å². The van der Waals surface area contributed by atoms with Crippen LogP contribution in [-0.2, 0) is 4.74 Å². The number of methoxy groups -OCH3 is 1. The quantitative estimate of drug-likeness (QED) is 0.814. The molecule has 1 aliphatic carbocycles. The summed E-state index contributed by atoms with van der Waals surface area (Å²) in [6.45, 7) is 7.11. The maximum atomic E-state index is 5.56. The molecule has 0 amide bonds. The average molecular weight is 254 g/mol. The molecule has 1 saturated heterocycles. The van der Waals surface area contributed by atoms with E-state index in [4.69, 9.17) is 4.74 Å². The summed E-state index contributed by atoms with van der Waals surface area (Å²) in [5.41, 5.74) is 0. The van der Waals surface area contributed by atoms with Crippen molar-refractivity contribution in [1.29, 1.82) is 0 Å². The van der Waals surface area contributed by atoms with Gasteiger partial charge in [0.25, 0.3) is 0 Å². The van der Waals surface area contributed by atoms with Crippen molar-refractivity contribution in [3.63, 3.8) is 0 Å². The van der Waals surface area contributed by atoms with Crippen LogP contribution in [0.2, 0.25) is 0 Å². The number of piperidine rings is 1. The molecule has 0 bridgehead atoms. The Morgan fingerprint density at radius 2 is 2.11 bits per heavy atom. The van der Waals surface area contributed by atoms with E-state index >= 15 is 0 Å². The Hall–Kier alpha value is -0.120. The minimum Gasteiger partial charge on any atom is -0.381 e. The van der Waals surface area contributed by atoms with E-state index in [-0.39, 0.29) is 0 Å². The number of hydrogen-bond acceptors (Lipinski definition) is 3. The Labute approximate surface area is 112 Å². The minimum atomic E-state index is 0.512. The first-order chi connectivity index (χ1) is 8.83. The first-order valence-electron chi connectivity index (χ1n) is 7.81.